The molecule has 7 heteroatoms. The molecule has 0 radical (unpaired) electrons. The van der Waals surface area contributed by atoms with Crippen LogP contribution in [0.4, 0.5) is 0 Å². The molecule has 0 aromatic heterocycles. The average Bonchev–Trinajstić information content (AvgIpc) is 3.07. The molecule has 1 aliphatic rings. The number of methoxy groups -OCH3 is 4. The number of fused-ring (bicyclic) bond motifs is 1. The fourth-order valence-electron chi connectivity index (χ4n) is 4.34. The lowest BCUT2D eigenvalue weighted by atomic mass is 9.95. The maximum absolute atomic E-state index is 11.4. The molecule has 0 saturated carbocycles. The van der Waals surface area contributed by atoms with E-state index in [4.69, 9.17) is 23.7 Å². The number of esters is 1. The summed E-state index contributed by atoms with van der Waals surface area (Å²) in [5, 5.41) is 11.0. The quantitative estimate of drug-likeness (QED) is 0.375. The van der Waals surface area contributed by atoms with Gasteiger partial charge < -0.3 is 28.8 Å². The van der Waals surface area contributed by atoms with Crippen molar-refractivity contribution >= 4 is 5.97 Å². The minimum absolute atomic E-state index is 0.0964. The molecule has 0 amide bonds. The molecule has 1 aromatic rings. The topological polar surface area (TPSA) is 83.5 Å². The molecule has 0 aliphatic heterocycles. The third-order valence-electron chi connectivity index (χ3n) is 5.75. The highest BCUT2D eigenvalue weighted by molar-refractivity contribution is 5.69. The van der Waals surface area contributed by atoms with E-state index in [1.807, 2.05) is 6.92 Å². The lowest BCUT2D eigenvalue weighted by Crippen LogP contribution is -2.08. The standard InChI is InChI=1S/C23H36O7/c1-6-30-17(24)13-11-9-7-8-10-12-15-14-16-18(19(15)25)21(27-3)23(29-5)22(28-4)20(16)26-2/h15,19,25H,6-14H2,1-5H3. The summed E-state index contributed by atoms with van der Waals surface area (Å²) >= 11 is 0. The van der Waals surface area contributed by atoms with E-state index in [0.29, 0.717) is 42.4 Å². The molecule has 1 aliphatic carbocycles. The Morgan fingerprint density at radius 3 is 2.03 bits per heavy atom. The van der Waals surface area contributed by atoms with Gasteiger partial charge in [0.15, 0.2) is 11.5 Å². The van der Waals surface area contributed by atoms with E-state index in [0.717, 1.165) is 49.7 Å². The van der Waals surface area contributed by atoms with Gasteiger partial charge in [0.2, 0.25) is 11.5 Å². The number of hydrogen-bond acceptors (Lipinski definition) is 7. The Hall–Kier alpha value is -2.15. The van der Waals surface area contributed by atoms with Crippen LogP contribution in [-0.4, -0.2) is 46.1 Å². The second-order valence-electron chi connectivity index (χ2n) is 7.55. The number of unbranched alkanes of at least 4 members (excludes halogenated alkanes) is 4. The Bertz CT molecular complexity index is 702. The van der Waals surface area contributed by atoms with Gasteiger partial charge in [0, 0.05) is 17.5 Å². The fraction of sp³-hybridized carbons (Fsp3) is 0.696. The first kappa shape index (κ1) is 24.1. The van der Waals surface area contributed by atoms with Gasteiger partial charge in [-0.15, -0.1) is 0 Å². The Balaban J connectivity index is 1.95. The predicted octanol–water partition coefficient (Wildman–Crippen LogP) is 4.22. The van der Waals surface area contributed by atoms with E-state index in [2.05, 4.69) is 0 Å². The molecular formula is C23H36O7. The molecule has 7 nitrogen and oxygen atoms in total. The van der Waals surface area contributed by atoms with Crippen LogP contribution in [0.1, 0.15) is 69.1 Å². The van der Waals surface area contributed by atoms with Crippen LogP contribution < -0.4 is 18.9 Å². The SMILES string of the molecule is CCOC(=O)CCCCCCCC1Cc2c(OC)c(OC)c(OC)c(OC)c2C1O. The van der Waals surface area contributed by atoms with Crippen LogP contribution >= 0.6 is 0 Å². The lowest BCUT2D eigenvalue weighted by molar-refractivity contribution is -0.143. The van der Waals surface area contributed by atoms with E-state index >= 15 is 0 Å². The summed E-state index contributed by atoms with van der Waals surface area (Å²) in [7, 11) is 6.28. The number of carbonyl (C=O) groups is 1. The minimum atomic E-state index is -0.632. The summed E-state index contributed by atoms with van der Waals surface area (Å²) in [6.45, 7) is 2.27. The second kappa shape index (κ2) is 11.9. The van der Waals surface area contributed by atoms with E-state index in [1.165, 1.54) is 0 Å². The predicted molar refractivity (Wildman–Crippen MR) is 114 cm³/mol. The third kappa shape index (κ3) is 5.31. The Morgan fingerprint density at radius 1 is 0.867 bits per heavy atom. The number of ether oxygens (including phenoxy) is 5. The summed E-state index contributed by atoms with van der Waals surface area (Å²) in [4.78, 5) is 11.4. The van der Waals surface area contributed by atoms with Gasteiger partial charge >= 0.3 is 5.97 Å². The minimum Gasteiger partial charge on any atom is -0.492 e. The molecule has 0 fully saturated rings. The zero-order valence-corrected chi connectivity index (χ0v) is 18.9. The highest BCUT2D eigenvalue weighted by atomic mass is 16.5. The van der Waals surface area contributed by atoms with Crippen LogP contribution in [0.2, 0.25) is 0 Å². The molecule has 1 N–H and O–H groups in total. The van der Waals surface area contributed by atoms with Crippen molar-refractivity contribution in [2.45, 2.75) is 64.4 Å². The molecule has 0 saturated heterocycles. The molecule has 1 aromatic carbocycles. The Kier molecular flexibility index (Phi) is 9.56. The van der Waals surface area contributed by atoms with Crippen molar-refractivity contribution in [3.05, 3.63) is 11.1 Å². The van der Waals surface area contributed by atoms with E-state index in [-0.39, 0.29) is 11.9 Å². The Labute approximate surface area is 179 Å². The highest BCUT2D eigenvalue weighted by Gasteiger charge is 2.39. The van der Waals surface area contributed by atoms with Crippen LogP contribution in [0.5, 0.6) is 23.0 Å². The van der Waals surface area contributed by atoms with Gasteiger partial charge in [0.05, 0.1) is 41.2 Å². The number of hydrogen-bond donors (Lipinski definition) is 1. The van der Waals surface area contributed by atoms with Crippen molar-refractivity contribution in [2.24, 2.45) is 5.92 Å². The average molecular weight is 425 g/mol. The highest BCUT2D eigenvalue weighted by Crippen LogP contribution is 2.56. The summed E-state index contributed by atoms with van der Waals surface area (Å²) in [6, 6.07) is 0. The molecule has 2 atom stereocenters. The van der Waals surface area contributed by atoms with Gasteiger partial charge in [-0.25, -0.2) is 0 Å². The zero-order chi connectivity index (χ0) is 22.1. The van der Waals surface area contributed by atoms with Crippen LogP contribution in [0.25, 0.3) is 0 Å². The van der Waals surface area contributed by atoms with Crippen molar-refractivity contribution in [1.29, 1.82) is 0 Å². The lowest BCUT2D eigenvalue weighted by Gasteiger charge is -2.21. The molecule has 0 spiro atoms. The monoisotopic (exact) mass is 424 g/mol. The summed E-state index contributed by atoms with van der Waals surface area (Å²) < 4.78 is 27.2. The first-order valence-electron chi connectivity index (χ1n) is 10.8. The zero-order valence-electron chi connectivity index (χ0n) is 18.9. The van der Waals surface area contributed by atoms with Crippen LogP contribution in [-0.2, 0) is 16.0 Å². The van der Waals surface area contributed by atoms with E-state index < -0.39 is 6.10 Å². The van der Waals surface area contributed by atoms with Gasteiger partial charge in [0.25, 0.3) is 0 Å². The molecule has 0 bridgehead atoms. The van der Waals surface area contributed by atoms with Crippen LogP contribution in [0, 0.1) is 5.92 Å². The number of aliphatic hydroxyl groups is 1. The largest absolute Gasteiger partial charge is 0.492 e. The third-order valence-corrected chi connectivity index (χ3v) is 5.75. The van der Waals surface area contributed by atoms with Gasteiger partial charge in [-0.05, 0) is 32.1 Å². The number of carbonyl (C=O) groups excluding carboxylic acids is 1. The molecule has 2 unspecified atom stereocenters. The summed E-state index contributed by atoms with van der Waals surface area (Å²) in [6.07, 6.45) is 6.53. The van der Waals surface area contributed by atoms with E-state index in [9.17, 15) is 9.90 Å². The van der Waals surface area contributed by atoms with Gasteiger partial charge in [-0.2, -0.15) is 0 Å². The summed E-state index contributed by atoms with van der Waals surface area (Å²) in [5.74, 6) is 2.03. The van der Waals surface area contributed by atoms with Gasteiger partial charge in [0.1, 0.15) is 0 Å². The van der Waals surface area contributed by atoms with Crippen molar-refractivity contribution in [2.75, 3.05) is 35.0 Å². The maximum Gasteiger partial charge on any atom is 0.305 e. The fourth-order valence-corrected chi connectivity index (χ4v) is 4.34. The number of rotatable bonds is 13. The number of aliphatic hydroxyl groups excluding tert-OH is 1. The molecule has 2 rings (SSSR count). The molecule has 30 heavy (non-hydrogen) atoms. The van der Waals surface area contributed by atoms with Crippen LogP contribution in [0.3, 0.4) is 0 Å². The first-order chi connectivity index (χ1) is 14.5. The summed E-state index contributed by atoms with van der Waals surface area (Å²) in [5.41, 5.74) is 1.67. The second-order valence-corrected chi connectivity index (χ2v) is 7.55. The van der Waals surface area contributed by atoms with Crippen molar-refractivity contribution in [3.8, 4) is 23.0 Å². The van der Waals surface area contributed by atoms with Crippen molar-refractivity contribution in [3.63, 3.8) is 0 Å². The maximum atomic E-state index is 11.4. The van der Waals surface area contributed by atoms with Crippen molar-refractivity contribution in [1.82, 2.24) is 0 Å². The van der Waals surface area contributed by atoms with Crippen LogP contribution in [0.15, 0.2) is 0 Å². The molecule has 0 heterocycles. The molecular weight excluding hydrogens is 388 g/mol. The van der Waals surface area contributed by atoms with Crippen molar-refractivity contribution < 1.29 is 33.6 Å². The van der Waals surface area contributed by atoms with Gasteiger partial charge in [-0.3, -0.25) is 4.79 Å². The first-order valence-corrected chi connectivity index (χ1v) is 10.8. The normalized spacial score (nSPS) is 17.4. The number of benzene rings is 1. The smallest absolute Gasteiger partial charge is 0.305 e. The Morgan fingerprint density at radius 2 is 1.43 bits per heavy atom. The van der Waals surface area contributed by atoms with Gasteiger partial charge in [-0.1, -0.05) is 25.7 Å². The molecule has 170 valence electrons. The van der Waals surface area contributed by atoms with E-state index in [1.54, 1.807) is 28.4 Å².